The molecule has 1 fully saturated rings. The van der Waals surface area contributed by atoms with Crippen molar-refractivity contribution in [1.82, 2.24) is 15.5 Å². The van der Waals surface area contributed by atoms with Gasteiger partial charge in [0.05, 0.1) is 11.9 Å². The number of alkyl halides is 1. The molecule has 1 aliphatic heterocycles. The van der Waals surface area contributed by atoms with E-state index >= 15 is 0 Å². The average Bonchev–Trinajstić information content (AvgIpc) is 3.31. The molecule has 3 amide bonds. The molecule has 10 heteroatoms. The summed E-state index contributed by atoms with van der Waals surface area (Å²) in [5, 5.41) is 17.0. The number of halogens is 1. The zero-order chi connectivity index (χ0) is 30.3. The van der Waals surface area contributed by atoms with E-state index in [9.17, 15) is 19.5 Å². The molecule has 0 aromatic heterocycles. The van der Waals surface area contributed by atoms with Crippen LogP contribution < -0.4 is 10.6 Å². The van der Waals surface area contributed by atoms with Gasteiger partial charge in [0.2, 0.25) is 11.5 Å². The Labute approximate surface area is 255 Å². The van der Waals surface area contributed by atoms with Gasteiger partial charge in [-0.3, -0.25) is 9.59 Å². The number of carbonyl (C=O) groups is 3. The molecule has 4 atom stereocenters. The first-order chi connectivity index (χ1) is 20.1. The predicted octanol–water partition coefficient (Wildman–Crippen LogP) is 4.93. The molecule has 0 aliphatic carbocycles. The van der Waals surface area contributed by atoms with Crippen LogP contribution in [0.1, 0.15) is 41.7 Å². The van der Waals surface area contributed by atoms with Crippen LogP contribution in [0.25, 0.3) is 0 Å². The highest BCUT2D eigenvalue weighted by Crippen LogP contribution is 2.40. The lowest BCUT2D eigenvalue weighted by atomic mass is 9.97. The normalized spacial score (nSPS) is 18.0. The monoisotopic (exact) mass is 609 g/mol. The van der Waals surface area contributed by atoms with E-state index in [0.717, 1.165) is 16.7 Å². The summed E-state index contributed by atoms with van der Waals surface area (Å²) in [7, 11) is 0. The van der Waals surface area contributed by atoms with Crippen LogP contribution in [0.5, 0.6) is 0 Å². The fourth-order valence-corrected chi connectivity index (χ4v) is 6.27. The number of rotatable bonds is 10. The van der Waals surface area contributed by atoms with E-state index < -0.39 is 40.5 Å². The quantitative estimate of drug-likeness (QED) is 0.282. The molecule has 8 nitrogen and oxygen atoms in total. The van der Waals surface area contributed by atoms with Crippen molar-refractivity contribution >= 4 is 41.3 Å². The zero-order valence-corrected chi connectivity index (χ0v) is 25.4. The zero-order valence-electron chi connectivity index (χ0n) is 23.8. The third-order valence-corrected chi connectivity index (χ3v) is 9.02. The first kappa shape index (κ1) is 31.4. The number of thioether (sulfide) groups is 1. The summed E-state index contributed by atoms with van der Waals surface area (Å²) in [6.45, 7) is 6.09. The van der Waals surface area contributed by atoms with Crippen LogP contribution in [-0.2, 0) is 27.3 Å². The molecular weight excluding hydrogens is 574 g/mol. The van der Waals surface area contributed by atoms with E-state index in [1.54, 1.807) is 24.3 Å². The second kappa shape index (κ2) is 14.1. The summed E-state index contributed by atoms with van der Waals surface area (Å²) in [5.74, 6) is -0.754. The number of aliphatic hydroxyl groups is 1. The van der Waals surface area contributed by atoms with Crippen molar-refractivity contribution in [3.8, 4) is 0 Å². The van der Waals surface area contributed by atoms with Crippen molar-refractivity contribution in [3.05, 3.63) is 107 Å². The maximum Gasteiger partial charge on any atom is 0.409 e. The number of amides is 3. The highest BCUT2D eigenvalue weighted by atomic mass is 35.5. The number of nitrogens with one attached hydrogen (secondary N) is 2. The largest absolute Gasteiger partial charge is 0.425 e. The van der Waals surface area contributed by atoms with Crippen LogP contribution in [-0.4, -0.2) is 56.7 Å². The van der Waals surface area contributed by atoms with Gasteiger partial charge in [-0.2, -0.15) is 0 Å². The number of nitrogens with zero attached hydrogens (tertiary/aromatic N) is 1. The van der Waals surface area contributed by atoms with Gasteiger partial charge in [-0.25, -0.2) is 4.79 Å². The van der Waals surface area contributed by atoms with Crippen LogP contribution >= 0.6 is 23.4 Å². The van der Waals surface area contributed by atoms with Crippen LogP contribution in [0.3, 0.4) is 0 Å². The molecule has 1 unspecified atom stereocenters. The molecule has 0 bridgehead atoms. The fraction of sp³-hybridized carbons (Fsp3) is 0.344. The van der Waals surface area contributed by atoms with Gasteiger partial charge < -0.3 is 25.4 Å². The highest BCUT2D eigenvalue weighted by Gasteiger charge is 2.49. The Bertz CT molecular complexity index is 1370. The Morgan fingerprint density at radius 1 is 1.02 bits per heavy atom. The lowest BCUT2D eigenvalue weighted by Crippen LogP contribution is -2.58. The summed E-state index contributed by atoms with van der Waals surface area (Å²) in [5.41, 5.74) is 2.35. The summed E-state index contributed by atoms with van der Waals surface area (Å²) >= 11 is 7.75. The summed E-state index contributed by atoms with van der Waals surface area (Å²) < 4.78 is 4.74. The molecule has 3 N–H and O–H groups in total. The molecule has 1 aliphatic rings. The molecule has 0 radical (unpaired) electrons. The fourth-order valence-electron chi connectivity index (χ4n) is 4.90. The molecule has 1 saturated heterocycles. The molecular formula is C32H36ClN3O5S. The van der Waals surface area contributed by atoms with Gasteiger partial charge in [-0.1, -0.05) is 96.5 Å². The molecule has 3 aromatic carbocycles. The first-order valence-corrected chi connectivity index (χ1v) is 15.1. The van der Waals surface area contributed by atoms with Crippen molar-refractivity contribution < 1.29 is 24.2 Å². The van der Waals surface area contributed by atoms with Crippen LogP contribution in [0.15, 0.2) is 84.9 Å². The molecule has 0 saturated carbocycles. The lowest BCUT2D eigenvalue weighted by Gasteiger charge is -2.33. The van der Waals surface area contributed by atoms with Gasteiger partial charge in [-0.15, -0.1) is 11.8 Å². The Balaban J connectivity index is 1.50. The molecule has 1 heterocycles. The van der Waals surface area contributed by atoms with Crippen molar-refractivity contribution in [3.63, 3.8) is 0 Å². The van der Waals surface area contributed by atoms with Crippen LogP contribution in [0.2, 0.25) is 0 Å². The van der Waals surface area contributed by atoms with E-state index in [-0.39, 0.29) is 18.2 Å². The molecule has 222 valence electrons. The second-order valence-corrected chi connectivity index (χ2v) is 12.7. The van der Waals surface area contributed by atoms with Crippen molar-refractivity contribution in [2.45, 2.75) is 62.2 Å². The number of ether oxygens (including phenoxy) is 1. The molecule has 4 rings (SSSR count). The number of carbonyl (C=O) groups excluding carboxylic acids is 3. The second-order valence-electron chi connectivity index (χ2n) is 10.7. The minimum absolute atomic E-state index is 0.148. The minimum atomic E-state index is -1.65. The smallest absolute Gasteiger partial charge is 0.409 e. The third-order valence-electron chi connectivity index (χ3n) is 7.30. The number of hydrogen-bond acceptors (Lipinski definition) is 6. The van der Waals surface area contributed by atoms with E-state index in [0.29, 0.717) is 12.1 Å². The van der Waals surface area contributed by atoms with Crippen LogP contribution in [0, 0.1) is 6.92 Å². The minimum Gasteiger partial charge on any atom is -0.425 e. The van der Waals surface area contributed by atoms with Gasteiger partial charge in [0.1, 0.15) is 6.04 Å². The number of aliphatic hydroxyl groups excluding tert-OH is 1. The maximum absolute atomic E-state index is 13.8. The van der Waals surface area contributed by atoms with E-state index in [1.165, 1.54) is 16.7 Å². The SMILES string of the molecule is Cc1ccccc1CNC(=O)[C@H]1N(C(=O)[C@@H](O)[C@H](Cc2ccccc2)NC(=O)OC(Cl)c2ccccc2)CSC1(C)C. The number of hydrogen-bond donors (Lipinski definition) is 3. The van der Waals surface area contributed by atoms with E-state index in [4.69, 9.17) is 16.3 Å². The Hall–Kier alpha value is -3.53. The van der Waals surface area contributed by atoms with Gasteiger partial charge >= 0.3 is 6.09 Å². The van der Waals surface area contributed by atoms with Crippen molar-refractivity contribution in [1.29, 1.82) is 0 Å². The lowest BCUT2D eigenvalue weighted by molar-refractivity contribution is -0.147. The Morgan fingerprint density at radius 3 is 2.31 bits per heavy atom. The molecule has 0 spiro atoms. The average molecular weight is 610 g/mol. The number of aryl methyl sites for hydroxylation is 1. The molecule has 42 heavy (non-hydrogen) atoms. The van der Waals surface area contributed by atoms with Crippen molar-refractivity contribution in [2.24, 2.45) is 0 Å². The van der Waals surface area contributed by atoms with Gasteiger partial charge in [0.15, 0.2) is 6.10 Å². The van der Waals surface area contributed by atoms with Crippen molar-refractivity contribution in [2.75, 3.05) is 5.88 Å². The standard InChI is InChI=1S/C32H36ClN3O5S/c1-21-12-10-11-17-24(21)19-34-29(38)27-32(2,3)42-20-36(27)30(39)26(37)25(18-22-13-6-4-7-14-22)35-31(40)41-28(33)23-15-8-5-9-16-23/h4-17,25-28,37H,18-20H2,1-3H3,(H,34,38)(H,35,40)/t25-,26-,27+,28?/m0/s1. The topological polar surface area (TPSA) is 108 Å². The third kappa shape index (κ3) is 7.85. The summed E-state index contributed by atoms with van der Waals surface area (Å²) in [6.07, 6.45) is -2.38. The van der Waals surface area contributed by atoms with Gasteiger partial charge in [0, 0.05) is 16.9 Å². The van der Waals surface area contributed by atoms with E-state index in [1.807, 2.05) is 81.4 Å². The number of alkyl carbamates (subject to hydrolysis) is 1. The van der Waals surface area contributed by atoms with Crippen LogP contribution in [0.4, 0.5) is 4.79 Å². The maximum atomic E-state index is 13.8. The molecule has 3 aromatic rings. The summed E-state index contributed by atoms with van der Waals surface area (Å²) in [6, 6.07) is 23.9. The summed E-state index contributed by atoms with van der Waals surface area (Å²) in [4.78, 5) is 41.5. The highest BCUT2D eigenvalue weighted by molar-refractivity contribution is 8.00. The van der Waals surface area contributed by atoms with E-state index in [2.05, 4.69) is 10.6 Å². The Morgan fingerprint density at radius 2 is 1.64 bits per heavy atom. The number of benzene rings is 3. The predicted molar refractivity (Wildman–Crippen MR) is 165 cm³/mol. The van der Waals surface area contributed by atoms with Gasteiger partial charge in [-0.05, 0) is 43.9 Å². The van der Waals surface area contributed by atoms with Gasteiger partial charge in [0.25, 0.3) is 5.91 Å². The first-order valence-electron chi connectivity index (χ1n) is 13.7. The Kier molecular flexibility index (Phi) is 10.5.